The molecule has 1 heterocycles. The van der Waals surface area contributed by atoms with E-state index in [0.29, 0.717) is 6.54 Å². The number of aromatic nitrogens is 2. The molecule has 1 aromatic carbocycles. The Labute approximate surface area is 131 Å². The minimum atomic E-state index is -0.959. The highest BCUT2D eigenvalue weighted by atomic mass is 79.9. The van der Waals surface area contributed by atoms with Crippen LogP contribution in [0.25, 0.3) is 6.08 Å². The zero-order valence-corrected chi connectivity index (χ0v) is 13.4. The van der Waals surface area contributed by atoms with Gasteiger partial charge in [-0.15, -0.1) is 0 Å². The fraction of sp³-hybridized carbons (Fsp3) is 0.200. The highest BCUT2D eigenvalue weighted by molar-refractivity contribution is 9.10. The van der Waals surface area contributed by atoms with E-state index in [4.69, 9.17) is 5.11 Å². The predicted molar refractivity (Wildman–Crippen MR) is 86.1 cm³/mol. The fourth-order valence-corrected chi connectivity index (χ4v) is 2.41. The smallest absolute Gasteiger partial charge is 0.328 e. The van der Waals surface area contributed by atoms with E-state index in [1.165, 1.54) is 0 Å². The van der Waals surface area contributed by atoms with Crippen molar-refractivity contribution >= 4 is 33.7 Å². The predicted octanol–water partition coefficient (Wildman–Crippen LogP) is 2.92. The molecule has 0 radical (unpaired) electrons. The van der Waals surface area contributed by atoms with Gasteiger partial charge in [-0.05, 0) is 23.8 Å². The van der Waals surface area contributed by atoms with Gasteiger partial charge in [-0.1, -0.05) is 22.0 Å². The van der Waals surface area contributed by atoms with Crippen LogP contribution in [0.15, 0.2) is 41.1 Å². The highest BCUT2D eigenvalue weighted by Crippen LogP contribution is 2.26. The summed E-state index contributed by atoms with van der Waals surface area (Å²) in [5.74, 6) is -0.959. The number of aliphatic carboxylic acids is 1. The van der Waals surface area contributed by atoms with E-state index in [2.05, 4.69) is 25.9 Å². The summed E-state index contributed by atoms with van der Waals surface area (Å²) in [6, 6.07) is 5.75. The normalized spacial score (nSPS) is 11.0. The first kappa shape index (κ1) is 15.3. The van der Waals surface area contributed by atoms with Crippen molar-refractivity contribution in [1.29, 1.82) is 0 Å². The van der Waals surface area contributed by atoms with Crippen LogP contribution in [-0.4, -0.2) is 27.9 Å². The Bertz CT molecular complexity index is 679. The Morgan fingerprint density at radius 1 is 1.52 bits per heavy atom. The maximum Gasteiger partial charge on any atom is 0.328 e. The first-order valence-corrected chi connectivity index (χ1v) is 7.14. The molecule has 2 rings (SSSR count). The number of carboxylic acids is 1. The summed E-state index contributed by atoms with van der Waals surface area (Å²) < 4.78 is 2.71. The van der Waals surface area contributed by atoms with Crippen molar-refractivity contribution in [3.05, 3.63) is 52.3 Å². The molecule has 2 aromatic rings. The van der Waals surface area contributed by atoms with E-state index in [9.17, 15) is 4.79 Å². The van der Waals surface area contributed by atoms with Crippen molar-refractivity contribution in [3.63, 3.8) is 0 Å². The van der Waals surface area contributed by atoms with Gasteiger partial charge in [0, 0.05) is 48.6 Å². The molecule has 6 heteroatoms. The average Bonchev–Trinajstić information content (AvgIpc) is 2.82. The van der Waals surface area contributed by atoms with Crippen LogP contribution in [0.5, 0.6) is 0 Å². The Hall–Kier alpha value is -2.08. The average molecular weight is 350 g/mol. The second-order valence-corrected chi connectivity index (χ2v) is 5.67. The maximum atomic E-state index is 10.7. The molecule has 0 amide bonds. The third-order valence-electron chi connectivity index (χ3n) is 2.99. The molecule has 0 aliphatic rings. The summed E-state index contributed by atoms with van der Waals surface area (Å²) in [7, 11) is 3.84. The summed E-state index contributed by atoms with van der Waals surface area (Å²) in [6.45, 7) is 0.693. The van der Waals surface area contributed by atoms with Gasteiger partial charge in [0.05, 0.1) is 6.20 Å². The molecular weight excluding hydrogens is 334 g/mol. The number of carbonyl (C=O) groups is 1. The van der Waals surface area contributed by atoms with Gasteiger partial charge in [-0.2, -0.15) is 5.10 Å². The zero-order chi connectivity index (χ0) is 15.4. The summed E-state index contributed by atoms with van der Waals surface area (Å²) in [6.07, 6.45) is 6.52. The van der Waals surface area contributed by atoms with Gasteiger partial charge in [-0.3, -0.25) is 4.68 Å². The number of aryl methyl sites for hydroxylation is 1. The van der Waals surface area contributed by atoms with E-state index in [1.54, 1.807) is 10.8 Å². The lowest BCUT2D eigenvalue weighted by atomic mass is 10.1. The van der Waals surface area contributed by atoms with E-state index < -0.39 is 5.97 Å². The van der Waals surface area contributed by atoms with Crippen molar-refractivity contribution in [2.24, 2.45) is 7.05 Å². The molecule has 1 aromatic heterocycles. The summed E-state index contributed by atoms with van der Waals surface area (Å²) in [5.41, 5.74) is 2.89. The molecule has 0 aliphatic heterocycles. The van der Waals surface area contributed by atoms with Gasteiger partial charge in [-0.25, -0.2) is 4.79 Å². The molecular formula is C15H16BrN3O2. The second kappa shape index (κ2) is 6.58. The topological polar surface area (TPSA) is 58.4 Å². The lowest BCUT2D eigenvalue weighted by Gasteiger charge is -2.21. The van der Waals surface area contributed by atoms with Gasteiger partial charge in [0.25, 0.3) is 0 Å². The van der Waals surface area contributed by atoms with Crippen molar-refractivity contribution in [3.8, 4) is 0 Å². The molecule has 0 fully saturated rings. The van der Waals surface area contributed by atoms with Crippen molar-refractivity contribution in [2.45, 2.75) is 6.54 Å². The first-order chi connectivity index (χ1) is 9.95. The quantitative estimate of drug-likeness (QED) is 0.843. The van der Waals surface area contributed by atoms with Crippen LogP contribution in [-0.2, 0) is 18.4 Å². The van der Waals surface area contributed by atoms with E-state index in [1.807, 2.05) is 44.7 Å². The molecule has 0 unspecified atom stereocenters. The van der Waals surface area contributed by atoms with Crippen molar-refractivity contribution in [1.82, 2.24) is 9.78 Å². The maximum absolute atomic E-state index is 10.7. The van der Waals surface area contributed by atoms with Gasteiger partial charge in [0.15, 0.2) is 0 Å². The third-order valence-corrected chi connectivity index (χ3v) is 3.48. The summed E-state index contributed by atoms with van der Waals surface area (Å²) in [5, 5.41) is 12.9. The number of hydrogen-bond acceptors (Lipinski definition) is 3. The molecule has 0 bridgehead atoms. The highest BCUT2D eigenvalue weighted by Gasteiger charge is 2.08. The lowest BCUT2D eigenvalue weighted by Crippen LogP contribution is -2.17. The number of anilines is 1. The van der Waals surface area contributed by atoms with Crippen LogP contribution in [0.3, 0.4) is 0 Å². The molecule has 0 aliphatic carbocycles. The van der Waals surface area contributed by atoms with Gasteiger partial charge in [0.1, 0.15) is 0 Å². The van der Waals surface area contributed by atoms with Crippen LogP contribution < -0.4 is 4.90 Å². The zero-order valence-electron chi connectivity index (χ0n) is 11.8. The Kier molecular flexibility index (Phi) is 4.80. The molecule has 21 heavy (non-hydrogen) atoms. The number of nitrogens with zero attached hydrogens (tertiary/aromatic N) is 3. The Balaban J connectivity index is 2.27. The molecule has 0 saturated heterocycles. The summed E-state index contributed by atoms with van der Waals surface area (Å²) >= 11 is 3.45. The number of hydrogen-bond donors (Lipinski definition) is 1. The Morgan fingerprint density at radius 3 is 2.90 bits per heavy atom. The van der Waals surface area contributed by atoms with Crippen LogP contribution >= 0.6 is 15.9 Å². The van der Waals surface area contributed by atoms with Crippen LogP contribution in [0.2, 0.25) is 0 Å². The van der Waals surface area contributed by atoms with Crippen LogP contribution in [0.4, 0.5) is 5.69 Å². The summed E-state index contributed by atoms with van der Waals surface area (Å²) in [4.78, 5) is 12.8. The molecule has 110 valence electrons. The molecule has 5 nitrogen and oxygen atoms in total. The van der Waals surface area contributed by atoms with E-state index in [0.717, 1.165) is 27.4 Å². The third kappa shape index (κ3) is 4.19. The standard InChI is InChI=1S/C15H16BrN3O2/c1-18(9-11-8-17-19(2)10-11)14-7-13(16)5-3-12(14)4-6-15(20)21/h3-8,10H,9H2,1-2H3,(H,20,21). The SMILES string of the molecule is CN(Cc1cnn(C)c1)c1cc(Br)ccc1C=CC(=O)O. The molecule has 0 atom stereocenters. The van der Waals surface area contributed by atoms with E-state index >= 15 is 0 Å². The second-order valence-electron chi connectivity index (χ2n) is 4.75. The minimum absolute atomic E-state index is 0.693. The van der Waals surface area contributed by atoms with Gasteiger partial charge >= 0.3 is 5.97 Å². The molecule has 0 spiro atoms. The van der Waals surface area contributed by atoms with E-state index in [-0.39, 0.29) is 0 Å². The van der Waals surface area contributed by atoms with Gasteiger partial charge < -0.3 is 10.0 Å². The van der Waals surface area contributed by atoms with Crippen LogP contribution in [0.1, 0.15) is 11.1 Å². The fourth-order valence-electron chi connectivity index (χ4n) is 2.06. The van der Waals surface area contributed by atoms with Crippen LogP contribution in [0, 0.1) is 0 Å². The number of halogens is 1. The molecule has 1 N–H and O–H groups in total. The van der Waals surface area contributed by atoms with Crippen molar-refractivity contribution in [2.75, 3.05) is 11.9 Å². The number of benzene rings is 1. The van der Waals surface area contributed by atoms with Gasteiger partial charge in [0.2, 0.25) is 0 Å². The minimum Gasteiger partial charge on any atom is -0.478 e. The number of carboxylic acid groups (broad SMARTS) is 1. The first-order valence-electron chi connectivity index (χ1n) is 6.35. The number of rotatable bonds is 5. The molecule has 0 saturated carbocycles. The van der Waals surface area contributed by atoms with Crippen molar-refractivity contribution < 1.29 is 9.90 Å². The monoisotopic (exact) mass is 349 g/mol. The Morgan fingerprint density at radius 2 is 2.29 bits per heavy atom. The lowest BCUT2D eigenvalue weighted by molar-refractivity contribution is -0.131. The largest absolute Gasteiger partial charge is 0.478 e.